The maximum absolute atomic E-state index is 13.2. The predicted molar refractivity (Wildman–Crippen MR) is 118 cm³/mol. The Morgan fingerprint density at radius 3 is 2.50 bits per heavy atom. The third-order valence-corrected chi connectivity index (χ3v) is 5.39. The maximum Gasteiger partial charge on any atom is 0.260 e. The lowest BCUT2D eigenvalue weighted by atomic mass is 10.1. The van der Waals surface area contributed by atoms with E-state index in [9.17, 15) is 4.79 Å². The Hall–Kier alpha value is -2.17. The molecule has 28 heavy (non-hydrogen) atoms. The van der Waals surface area contributed by atoms with Gasteiger partial charge in [0.15, 0.2) is 5.13 Å². The fourth-order valence-corrected chi connectivity index (χ4v) is 4.13. The Morgan fingerprint density at radius 1 is 1.21 bits per heavy atom. The van der Waals surface area contributed by atoms with Gasteiger partial charge < -0.3 is 4.90 Å². The average Bonchev–Trinajstić information content (AvgIpc) is 3.05. The summed E-state index contributed by atoms with van der Waals surface area (Å²) in [4.78, 5) is 21.6. The molecule has 2 aromatic carbocycles. The van der Waals surface area contributed by atoms with E-state index in [1.165, 1.54) is 11.3 Å². The normalized spacial score (nSPS) is 10.6. The van der Waals surface area contributed by atoms with Crippen molar-refractivity contribution in [1.29, 1.82) is 5.26 Å². The van der Waals surface area contributed by atoms with Gasteiger partial charge in [-0.1, -0.05) is 22.9 Å². The predicted octanol–water partition coefficient (Wildman–Crippen LogP) is 4.76. The molecule has 0 fully saturated rings. The topological polar surface area (TPSA) is 60.2 Å². The minimum absolute atomic E-state index is 0. The first kappa shape index (κ1) is 22.1. The number of anilines is 1. The lowest BCUT2D eigenvalue weighted by Gasteiger charge is -2.22. The Labute approximate surface area is 179 Å². The number of carbonyl (C=O) groups is 1. The number of likely N-dealkylation sites (N-methyl/N-ethyl adjacent to an activating group) is 1. The third-order valence-electron chi connectivity index (χ3n) is 4.15. The van der Waals surface area contributed by atoms with Crippen LogP contribution in [-0.2, 0) is 0 Å². The molecule has 0 aliphatic rings. The van der Waals surface area contributed by atoms with E-state index >= 15 is 0 Å². The summed E-state index contributed by atoms with van der Waals surface area (Å²) >= 11 is 7.62. The van der Waals surface area contributed by atoms with E-state index in [1.807, 2.05) is 38.1 Å². The third kappa shape index (κ3) is 4.81. The largest absolute Gasteiger partial charge is 0.308 e. The molecule has 0 bridgehead atoms. The van der Waals surface area contributed by atoms with Crippen molar-refractivity contribution >= 4 is 56.6 Å². The van der Waals surface area contributed by atoms with E-state index in [0.29, 0.717) is 34.4 Å². The van der Waals surface area contributed by atoms with Crippen LogP contribution in [0.5, 0.6) is 0 Å². The van der Waals surface area contributed by atoms with Crippen molar-refractivity contribution in [3.05, 3.63) is 58.1 Å². The highest BCUT2D eigenvalue weighted by molar-refractivity contribution is 7.22. The summed E-state index contributed by atoms with van der Waals surface area (Å²) in [7, 11) is 3.93. The molecule has 146 valence electrons. The van der Waals surface area contributed by atoms with Crippen LogP contribution in [0.1, 0.15) is 21.5 Å². The molecule has 0 aliphatic carbocycles. The highest BCUT2D eigenvalue weighted by atomic mass is 35.5. The van der Waals surface area contributed by atoms with Crippen LogP contribution in [0, 0.1) is 18.3 Å². The first-order valence-electron chi connectivity index (χ1n) is 8.42. The molecule has 1 amide bonds. The van der Waals surface area contributed by atoms with Crippen LogP contribution < -0.4 is 4.90 Å². The molecule has 0 atom stereocenters. The fourth-order valence-electron chi connectivity index (χ4n) is 2.69. The Morgan fingerprint density at radius 2 is 1.89 bits per heavy atom. The van der Waals surface area contributed by atoms with Crippen LogP contribution in [0.25, 0.3) is 10.2 Å². The fraction of sp³-hybridized carbons (Fsp3) is 0.250. The first-order chi connectivity index (χ1) is 12.9. The van der Waals surface area contributed by atoms with Gasteiger partial charge in [0, 0.05) is 23.7 Å². The molecule has 0 radical (unpaired) electrons. The molecule has 1 heterocycles. The number of halogens is 2. The van der Waals surface area contributed by atoms with Crippen molar-refractivity contribution < 1.29 is 4.79 Å². The van der Waals surface area contributed by atoms with Crippen LogP contribution in [0.15, 0.2) is 36.4 Å². The van der Waals surface area contributed by atoms with E-state index in [-0.39, 0.29) is 18.3 Å². The maximum atomic E-state index is 13.2. The van der Waals surface area contributed by atoms with Crippen molar-refractivity contribution in [2.75, 3.05) is 32.1 Å². The van der Waals surface area contributed by atoms with Crippen LogP contribution in [0.2, 0.25) is 5.02 Å². The number of aryl methyl sites for hydroxylation is 1. The number of nitrogens with zero attached hydrogens (tertiary/aromatic N) is 4. The van der Waals surface area contributed by atoms with Crippen molar-refractivity contribution in [1.82, 2.24) is 9.88 Å². The Bertz CT molecular complexity index is 1030. The quantitative estimate of drug-likeness (QED) is 0.580. The van der Waals surface area contributed by atoms with E-state index in [4.69, 9.17) is 21.8 Å². The number of fused-ring (bicyclic) bond motifs is 1. The van der Waals surface area contributed by atoms with Gasteiger partial charge in [-0.05, 0) is 63.0 Å². The Kier molecular flexibility index (Phi) is 7.39. The number of amides is 1. The monoisotopic (exact) mass is 434 g/mol. The number of nitriles is 1. The number of aromatic nitrogens is 1. The minimum Gasteiger partial charge on any atom is -0.308 e. The standard InChI is InChI=1S/C20H19ClN4OS.ClH/c1-13-10-16(21)11-17-18(13)23-20(27-17)25(9-8-24(2)3)19(26)15-6-4-14(12-22)5-7-15;/h4-7,10-11H,8-9H2,1-3H3;1H. The number of hydrogen-bond acceptors (Lipinski definition) is 5. The number of rotatable bonds is 5. The number of thiazole rings is 1. The summed E-state index contributed by atoms with van der Waals surface area (Å²) in [5, 5.41) is 10.3. The molecule has 0 saturated heterocycles. The van der Waals surface area contributed by atoms with Crippen LogP contribution in [0.3, 0.4) is 0 Å². The summed E-state index contributed by atoms with van der Waals surface area (Å²) in [6.07, 6.45) is 0. The summed E-state index contributed by atoms with van der Waals surface area (Å²) < 4.78 is 0.956. The number of carbonyl (C=O) groups excluding carboxylic acids is 1. The second kappa shape index (κ2) is 9.35. The van der Waals surface area contributed by atoms with Crippen molar-refractivity contribution in [2.24, 2.45) is 0 Å². The first-order valence-corrected chi connectivity index (χ1v) is 9.62. The minimum atomic E-state index is -0.135. The number of benzene rings is 2. The van der Waals surface area contributed by atoms with Crippen molar-refractivity contribution in [3.8, 4) is 6.07 Å². The van der Waals surface area contributed by atoms with Gasteiger partial charge in [-0.2, -0.15) is 5.26 Å². The second-order valence-electron chi connectivity index (χ2n) is 6.52. The number of hydrogen-bond donors (Lipinski definition) is 0. The SMILES string of the molecule is Cc1cc(Cl)cc2sc(N(CCN(C)C)C(=O)c3ccc(C#N)cc3)nc12.Cl. The Balaban J connectivity index is 0.00000280. The molecular formula is C20H20Cl2N4OS. The molecule has 0 N–H and O–H groups in total. The van der Waals surface area contributed by atoms with Gasteiger partial charge in [0.2, 0.25) is 0 Å². The lowest BCUT2D eigenvalue weighted by molar-refractivity contribution is 0.0985. The molecule has 0 spiro atoms. The smallest absolute Gasteiger partial charge is 0.260 e. The highest BCUT2D eigenvalue weighted by Gasteiger charge is 2.22. The van der Waals surface area contributed by atoms with Gasteiger partial charge in [0.1, 0.15) is 0 Å². The lowest BCUT2D eigenvalue weighted by Crippen LogP contribution is -2.36. The van der Waals surface area contributed by atoms with Crippen LogP contribution in [-0.4, -0.2) is 43.0 Å². The average molecular weight is 435 g/mol. The molecule has 1 aromatic heterocycles. The van der Waals surface area contributed by atoms with Gasteiger partial charge in [-0.15, -0.1) is 12.4 Å². The zero-order valence-electron chi connectivity index (χ0n) is 15.8. The van der Waals surface area contributed by atoms with E-state index in [1.54, 1.807) is 29.2 Å². The molecule has 3 rings (SSSR count). The second-order valence-corrected chi connectivity index (χ2v) is 7.96. The van der Waals surface area contributed by atoms with Crippen molar-refractivity contribution in [2.45, 2.75) is 6.92 Å². The van der Waals surface area contributed by atoms with Gasteiger partial charge in [0.05, 0.1) is 21.8 Å². The molecular weight excluding hydrogens is 415 g/mol. The molecule has 3 aromatic rings. The zero-order valence-corrected chi connectivity index (χ0v) is 18.2. The van der Waals surface area contributed by atoms with Crippen LogP contribution in [0.4, 0.5) is 5.13 Å². The molecule has 0 unspecified atom stereocenters. The van der Waals surface area contributed by atoms with E-state index in [2.05, 4.69) is 6.07 Å². The summed E-state index contributed by atoms with van der Waals surface area (Å²) in [5.74, 6) is -0.135. The molecule has 8 heteroatoms. The summed E-state index contributed by atoms with van der Waals surface area (Å²) in [6, 6.07) is 12.5. The van der Waals surface area contributed by atoms with Gasteiger partial charge in [0.25, 0.3) is 5.91 Å². The van der Waals surface area contributed by atoms with Crippen LogP contribution >= 0.6 is 35.3 Å². The molecule has 0 saturated carbocycles. The van der Waals surface area contributed by atoms with E-state index < -0.39 is 0 Å². The summed E-state index contributed by atoms with van der Waals surface area (Å²) in [6.45, 7) is 3.18. The summed E-state index contributed by atoms with van der Waals surface area (Å²) in [5.41, 5.74) is 2.90. The van der Waals surface area contributed by atoms with Gasteiger partial charge in [-0.25, -0.2) is 4.98 Å². The van der Waals surface area contributed by atoms with Crippen molar-refractivity contribution in [3.63, 3.8) is 0 Å². The highest BCUT2D eigenvalue weighted by Crippen LogP contribution is 2.33. The van der Waals surface area contributed by atoms with Gasteiger partial charge in [-0.3, -0.25) is 9.69 Å². The van der Waals surface area contributed by atoms with E-state index in [0.717, 1.165) is 15.8 Å². The molecule has 0 aliphatic heterocycles. The van der Waals surface area contributed by atoms with Gasteiger partial charge >= 0.3 is 0 Å². The zero-order chi connectivity index (χ0) is 19.6. The molecule has 5 nitrogen and oxygen atoms in total.